The van der Waals surface area contributed by atoms with Gasteiger partial charge in [0.05, 0.1) is 22.1 Å². The molecule has 0 saturated carbocycles. The van der Waals surface area contributed by atoms with Gasteiger partial charge in [0.2, 0.25) is 0 Å². The minimum Gasteiger partial charge on any atom is -0.376 e. The van der Waals surface area contributed by atoms with Crippen molar-refractivity contribution in [3.8, 4) is 33.6 Å². The smallest absolute Gasteiger partial charge is 0.141 e. The zero-order chi connectivity index (χ0) is 44.0. The van der Waals surface area contributed by atoms with Gasteiger partial charge in [-0.1, -0.05) is 194 Å². The van der Waals surface area contributed by atoms with Gasteiger partial charge in [-0.25, -0.2) is 0 Å². The SMILES string of the molecule is OC1(c2ccccc2)c2cccc(-c3ccc(-n4c5ccccc5c5ccccc54)cc3)c2C(O)(c2ccccc2)c2cccc(-c3ccc(-n4c5ccccc5c5ccccc54)cc3)c21. The summed E-state index contributed by atoms with van der Waals surface area (Å²) < 4.78 is 4.63. The van der Waals surface area contributed by atoms with Gasteiger partial charge in [-0.2, -0.15) is 0 Å². The molecule has 1 aliphatic carbocycles. The fourth-order valence-corrected chi connectivity index (χ4v) is 11.2. The standard InChI is InChI=1S/C62H42N2O2/c65-61(43-17-3-1-4-18-43)53-27-15-26-48(42-35-39-46(40-36-42)64-57-31-13-9-23-51(57)52-24-10-14-32-58(52)64)60(53)62(66,44-19-5-2-6-20-44)54-28-16-25-47(59(54)61)41-33-37-45(38-34-41)63-55-29-11-7-21-49(55)50-22-8-12-30-56(50)63/h1-40,65-66H. The Labute approximate surface area is 382 Å². The van der Waals surface area contributed by atoms with Crippen molar-refractivity contribution in [1.82, 2.24) is 9.13 Å². The fourth-order valence-electron chi connectivity index (χ4n) is 11.2. The lowest BCUT2D eigenvalue weighted by atomic mass is 9.60. The van der Waals surface area contributed by atoms with Crippen LogP contribution in [0.4, 0.5) is 0 Å². The highest BCUT2D eigenvalue weighted by atomic mass is 16.3. The number of hydrogen-bond acceptors (Lipinski definition) is 2. The molecule has 0 aliphatic heterocycles. The number of aromatic nitrogens is 2. The quantitative estimate of drug-likeness (QED) is 0.175. The lowest BCUT2D eigenvalue weighted by Crippen LogP contribution is -2.45. The Morgan fingerprint density at radius 3 is 0.909 bits per heavy atom. The molecule has 1 aliphatic rings. The van der Waals surface area contributed by atoms with Gasteiger partial charge in [0.15, 0.2) is 0 Å². The first kappa shape index (κ1) is 38.2. The molecule has 10 aromatic carbocycles. The third-order valence-electron chi connectivity index (χ3n) is 14.0. The number of rotatable bonds is 6. The number of benzene rings is 10. The summed E-state index contributed by atoms with van der Waals surface area (Å²) in [6, 6.07) is 83.4. The number of nitrogens with zero attached hydrogens (tertiary/aromatic N) is 2. The van der Waals surface area contributed by atoms with Crippen LogP contribution in [0, 0.1) is 0 Å². The molecular formula is C62H42N2O2. The predicted octanol–water partition coefficient (Wildman–Crippen LogP) is 14.1. The van der Waals surface area contributed by atoms with Gasteiger partial charge in [0, 0.05) is 55.2 Å². The Morgan fingerprint density at radius 2 is 0.576 bits per heavy atom. The molecule has 2 atom stereocenters. The molecule has 0 spiro atoms. The first-order chi connectivity index (χ1) is 32.5. The van der Waals surface area contributed by atoms with Crippen LogP contribution < -0.4 is 0 Å². The summed E-state index contributed by atoms with van der Waals surface area (Å²) in [7, 11) is 0. The Morgan fingerprint density at radius 1 is 0.273 bits per heavy atom. The highest BCUT2D eigenvalue weighted by molar-refractivity contribution is 6.10. The van der Waals surface area contributed by atoms with E-state index in [1.807, 2.05) is 84.9 Å². The minimum atomic E-state index is -1.66. The zero-order valence-corrected chi connectivity index (χ0v) is 35.9. The largest absolute Gasteiger partial charge is 0.376 e. The lowest BCUT2D eigenvalue weighted by Gasteiger charge is -2.47. The van der Waals surface area contributed by atoms with Gasteiger partial charge in [-0.3, -0.25) is 0 Å². The van der Waals surface area contributed by atoms with Crippen LogP contribution in [0.25, 0.3) is 77.2 Å². The van der Waals surface area contributed by atoms with Crippen molar-refractivity contribution in [2.75, 3.05) is 0 Å². The number of hydrogen-bond donors (Lipinski definition) is 2. The lowest BCUT2D eigenvalue weighted by molar-refractivity contribution is 0.0757. The molecule has 2 aromatic heterocycles. The Balaban J connectivity index is 1.02. The summed E-state index contributed by atoms with van der Waals surface area (Å²) in [4.78, 5) is 0. The van der Waals surface area contributed by atoms with E-state index in [4.69, 9.17) is 0 Å². The topological polar surface area (TPSA) is 50.3 Å². The second-order valence-corrected chi connectivity index (χ2v) is 17.4. The van der Waals surface area contributed by atoms with Crippen molar-refractivity contribution >= 4 is 43.6 Å². The van der Waals surface area contributed by atoms with Gasteiger partial charge in [0.1, 0.15) is 11.2 Å². The predicted molar refractivity (Wildman–Crippen MR) is 270 cm³/mol. The minimum absolute atomic E-state index is 0.630. The molecule has 0 fully saturated rings. The van der Waals surface area contributed by atoms with E-state index >= 15 is 0 Å². The highest BCUT2D eigenvalue weighted by Gasteiger charge is 2.53. The molecule has 4 nitrogen and oxygen atoms in total. The molecule has 4 heteroatoms. The summed E-state index contributed by atoms with van der Waals surface area (Å²) in [6.45, 7) is 0. The average molecular weight is 847 g/mol. The number of para-hydroxylation sites is 4. The summed E-state index contributed by atoms with van der Waals surface area (Å²) in [6.07, 6.45) is 0. The maximum Gasteiger partial charge on any atom is 0.141 e. The molecule has 2 N–H and O–H groups in total. The van der Waals surface area contributed by atoms with E-state index in [0.29, 0.717) is 22.3 Å². The summed E-state index contributed by atoms with van der Waals surface area (Å²) in [5, 5.41) is 32.9. The van der Waals surface area contributed by atoms with Gasteiger partial charge >= 0.3 is 0 Å². The third kappa shape index (κ3) is 5.40. The van der Waals surface area contributed by atoms with Crippen LogP contribution in [0.1, 0.15) is 33.4 Å². The van der Waals surface area contributed by atoms with Crippen LogP contribution in [-0.2, 0) is 11.2 Å². The van der Waals surface area contributed by atoms with E-state index in [1.54, 1.807) is 0 Å². The molecule has 0 bridgehead atoms. The van der Waals surface area contributed by atoms with Crippen LogP contribution in [0.15, 0.2) is 243 Å². The molecule has 66 heavy (non-hydrogen) atoms. The summed E-state index contributed by atoms with van der Waals surface area (Å²) >= 11 is 0. The van der Waals surface area contributed by atoms with E-state index in [-0.39, 0.29) is 0 Å². The zero-order valence-electron chi connectivity index (χ0n) is 35.9. The molecular weight excluding hydrogens is 805 g/mol. The van der Waals surface area contributed by atoms with E-state index in [9.17, 15) is 10.2 Å². The highest BCUT2D eigenvalue weighted by Crippen LogP contribution is 2.57. The van der Waals surface area contributed by atoms with Crippen molar-refractivity contribution in [3.05, 3.63) is 276 Å². The van der Waals surface area contributed by atoms with Crippen molar-refractivity contribution in [2.45, 2.75) is 11.2 Å². The Kier molecular flexibility index (Phi) is 8.47. The number of fused-ring (bicyclic) bond motifs is 8. The first-order valence-corrected chi connectivity index (χ1v) is 22.6. The van der Waals surface area contributed by atoms with E-state index < -0.39 is 11.2 Å². The van der Waals surface area contributed by atoms with Crippen molar-refractivity contribution < 1.29 is 10.2 Å². The Hall–Kier alpha value is -8.28. The van der Waals surface area contributed by atoms with Gasteiger partial charge in [0.25, 0.3) is 0 Å². The Bertz CT molecular complexity index is 3470. The monoisotopic (exact) mass is 846 g/mol. The fraction of sp³-hybridized carbons (Fsp3) is 0.0323. The molecule has 0 saturated heterocycles. The van der Waals surface area contributed by atoms with Gasteiger partial charge in [-0.05, 0) is 81.9 Å². The molecule has 0 amide bonds. The maximum absolute atomic E-state index is 14.0. The second kappa shape index (κ2) is 14.6. The molecule has 2 unspecified atom stereocenters. The molecule has 312 valence electrons. The normalized spacial score (nSPS) is 16.8. The van der Waals surface area contributed by atoms with Crippen LogP contribution in [0.2, 0.25) is 0 Å². The summed E-state index contributed by atoms with van der Waals surface area (Å²) in [5.41, 5.74) is 10.9. The van der Waals surface area contributed by atoms with Crippen molar-refractivity contribution in [3.63, 3.8) is 0 Å². The third-order valence-corrected chi connectivity index (χ3v) is 14.0. The second-order valence-electron chi connectivity index (χ2n) is 17.4. The van der Waals surface area contributed by atoms with Crippen molar-refractivity contribution in [2.24, 2.45) is 0 Å². The molecule has 13 rings (SSSR count). The van der Waals surface area contributed by atoms with Crippen LogP contribution in [0.5, 0.6) is 0 Å². The van der Waals surface area contributed by atoms with E-state index in [0.717, 1.165) is 66.8 Å². The van der Waals surface area contributed by atoms with E-state index in [2.05, 4.69) is 167 Å². The molecule has 12 aromatic rings. The van der Waals surface area contributed by atoms with Gasteiger partial charge < -0.3 is 19.3 Å². The van der Waals surface area contributed by atoms with Crippen molar-refractivity contribution in [1.29, 1.82) is 0 Å². The molecule has 2 heterocycles. The van der Waals surface area contributed by atoms with Crippen LogP contribution >= 0.6 is 0 Å². The number of aliphatic hydroxyl groups is 2. The summed E-state index contributed by atoms with van der Waals surface area (Å²) in [5.74, 6) is 0. The van der Waals surface area contributed by atoms with E-state index in [1.165, 1.54) is 21.5 Å². The molecule has 0 radical (unpaired) electrons. The first-order valence-electron chi connectivity index (χ1n) is 22.6. The average Bonchev–Trinajstić information content (AvgIpc) is 3.91. The maximum atomic E-state index is 14.0. The van der Waals surface area contributed by atoms with Gasteiger partial charge in [-0.15, -0.1) is 0 Å². The van der Waals surface area contributed by atoms with Crippen LogP contribution in [-0.4, -0.2) is 19.3 Å². The van der Waals surface area contributed by atoms with Crippen LogP contribution in [0.3, 0.4) is 0 Å².